The van der Waals surface area contributed by atoms with Crippen molar-refractivity contribution in [3.63, 3.8) is 0 Å². The van der Waals surface area contributed by atoms with Gasteiger partial charge in [-0.1, -0.05) is 0 Å². The van der Waals surface area contributed by atoms with Gasteiger partial charge in [-0.2, -0.15) is 0 Å². The fourth-order valence-electron chi connectivity index (χ4n) is 3.85. The van der Waals surface area contributed by atoms with Crippen molar-refractivity contribution in [2.45, 2.75) is 58.9 Å². The molecule has 1 rings (SSSR count). The molecule has 1 aromatic rings. The summed E-state index contributed by atoms with van der Waals surface area (Å²) < 4.78 is 43.9. The van der Waals surface area contributed by atoms with Crippen molar-refractivity contribution in [3.05, 3.63) is 23.8 Å². The second kappa shape index (κ2) is 21.0. The minimum atomic E-state index is -2.69. The number of benzene rings is 1. The van der Waals surface area contributed by atoms with Crippen LogP contribution in [0.4, 0.5) is 4.79 Å². The van der Waals surface area contributed by atoms with E-state index in [0.717, 1.165) is 25.7 Å². The number of ether oxygens (including phenoxy) is 5. The first-order chi connectivity index (χ1) is 19.4. The Balaban J connectivity index is 2.19. The van der Waals surface area contributed by atoms with E-state index in [-0.39, 0.29) is 0 Å². The molecule has 228 valence electrons. The minimum absolute atomic E-state index is 0.315. The van der Waals surface area contributed by atoms with Crippen molar-refractivity contribution in [2.75, 3.05) is 60.9 Å². The van der Waals surface area contributed by atoms with Gasteiger partial charge in [0.25, 0.3) is 0 Å². The van der Waals surface area contributed by atoms with Crippen LogP contribution in [0.5, 0.6) is 17.2 Å². The number of amides is 1. The van der Waals surface area contributed by atoms with Crippen molar-refractivity contribution in [3.8, 4) is 17.2 Å². The number of alkyl carbamates (subject to hydrolysis) is 1. The Labute approximate surface area is 239 Å². The lowest BCUT2D eigenvalue weighted by atomic mass is 10.1. The summed E-state index contributed by atoms with van der Waals surface area (Å²) in [5.41, 5.74) is 0.715. The van der Waals surface area contributed by atoms with Crippen LogP contribution in [0.1, 0.15) is 58.4 Å². The Morgan fingerprint density at radius 1 is 0.775 bits per heavy atom. The average molecular weight is 586 g/mol. The Hall–Kier alpha value is -2.80. The molecule has 0 atom stereocenters. The summed E-state index contributed by atoms with van der Waals surface area (Å²) >= 11 is 0. The van der Waals surface area contributed by atoms with Crippen molar-refractivity contribution >= 4 is 26.9 Å². The summed E-state index contributed by atoms with van der Waals surface area (Å²) in [6.07, 6.45) is 6.40. The number of unbranched alkanes of at least 4 members (excludes halogenated alkanes) is 3. The highest BCUT2D eigenvalue weighted by Crippen LogP contribution is 2.38. The van der Waals surface area contributed by atoms with Crippen LogP contribution in [-0.2, 0) is 27.5 Å². The summed E-state index contributed by atoms with van der Waals surface area (Å²) in [6, 6.07) is 4.12. The zero-order valence-corrected chi connectivity index (χ0v) is 25.9. The van der Waals surface area contributed by atoms with Crippen LogP contribution in [0.15, 0.2) is 18.2 Å². The number of hydrogen-bond donors (Lipinski definition) is 1. The third-order valence-corrected chi connectivity index (χ3v) is 8.79. The smallest absolute Gasteiger partial charge is 0.493 e. The number of nitrogens with one attached hydrogen (secondary N) is 1. The van der Waals surface area contributed by atoms with E-state index in [9.17, 15) is 9.59 Å². The molecular formula is C28H47NO10Si. The molecule has 40 heavy (non-hydrogen) atoms. The SMILES string of the molecule is CCO[Si](CCCNC(=O)OCCCCCCOC(=O)/C=C/c1cc(OC)c(OC)c(OC)c1)(OCC)OCC. The molecule has 0 aliphatic heterocycles. The monoisotopic (exact) mass is 585 g/mol. The molecule has 0 aliphatic rings. The van der Waals surface area contributed by atoms with Gasteiger partial charge in [-0.15, -0.1) is 0 Å². The molecule has 0 heterocycles. The zero-order valence-electron chi connectivity index (χ0n) is 24.9. The number of rotatable bonds is 22. The first-order valence-corrected chi connectivity index (χ1v) is 15.8. The molecule has 0 fully saturated rings. The quantitative estimate of drug-likeness (QED) is 0.0862. The van der Waals surface area contributed by atoms with E-state index in [4.69, 9.17) is 37.0 Å². The maximum absolute atomic E-state index is 12.0. The van der Waals surface area contributed by atoms with Gasteiger partial charge in [-0.05, 0) is 76.6 Å². The van der Waals surface area contributed by atoms with Gasteiger partial charge in [-0.25, -0.2) is 9.59 Å². The van der Waals surface area contributed by atoms with E-state index in [0.29, 0.717) is 74.9 Å². The lowest BCUT2D eigenvalue weighted by Crippen LogP contribution is -2.46. The molecule has 1 aromatic carbocycles. The average Bonchev–Trinajstić information content (AvgIpc) is 2.95. The minimum Gasteiger partial charge on any atom is -0.493 e. The van der Waals surface area contributed by atoms with Crippen molar-refractivity contribution in [1.29, 1.82) is 0 Å². The van der Waals surface area contributed by atoms with E-state index < -0.39 is 20.9 Å². The van der Waals surface area contributed by atoms with Gasteiger partial charge in [0, 0.05) is 38.5 Å². The summed E-state index contributed by atoms with van der Waals surface area (Å²) in [7, 11) is 1.90. The van der Waals surface area contributed by atoms with Crippen LogP contribution in [0.3, 0.4) is 0 Å². The third kappa shape index (κ3) is 13.5. The maximum atomic E-state index is 12.0. The fraction of sp³-hybridized carbons (Fsp3) is 0.643. The molecule has 1 N–H and O–H groups in total. The van der Waals surface area contributed by atoms with Crippen molar-refractivity contribution in [1.82, 2.24) is 5.32 Å². The van der Waals surface area contributed by atoms with E-state index in [1.807, 2.05) is 20.8 Å². The van der Waals surface area contributed by atoms with Crippen LogP contribution >= 0.6 is 0 Å². The topological polar surface area (TPSA) is 120 Å². The highest BCUT2D eigenvalue weighted by Gasteiger charge is 2.39. The Kier molecular flexibility index (Phi) is 18.5. The molecule has 0 saturated heterocycles. The summed E-state index contributed by atoms with van der Waals surface area (Å²) in [5.74, 6) is 1.05. The standard InChI is InChI=1S/C28H47NO10Si/c1-7-37-40(38-8-2,39-9-3)20-14-17-29-28(31)36-19-13-11-10-12-18-35-26(30)16-15-23-21-24(32-4)27(34-6)25(22-23)33-5/h15-16,21-22H,7-14,17-20H2,1-6H3,(H,29,31)/b16-15+. The summed E-state index contributed by atoms with van der Waals surface area (Å²) in [5, 5.41) is 2.76. The van der Waals surface area contributed by atoms with Crippen LogP contribution < -0.4 is 19.5 Å². The Bertz CT molecular complexity index is 854. The normalized spacial score (nSPS) is 11.3. The lowest BCUT2D eigenvalue weighted by Gasteiger charge is -2.28. The number of hydrogen-bond acceptors (Lipinski definition) is 10. The molecule has 0 aromatic heterocycles. The van der Waals surface area contributed by atoms with E-state index in [2.05, 4.69) is 5.32 Å². The highest BCUT2D eigenvalue weighted by atomic mass is 28.4. The van der Waals surface area contributed by atoms with Gasteiger partial charge in [0.2, 0.25) is 5.75 Å². The Morgan fingerprint density at radius 2 is 1.32 bits per heavy atom. The first kappa shape index (κ1) is 35.2. The molecule has 0 saturated carbocycles. The molecule has 11 nitrogen and oxygen atoms in total. The predicted octanol–water partition coefficient (Wildman–Crippen LogP) is 4.99. The second-order valence-corrected chi connectivity index (χ2v) is 11.3. The van der Waals surface area contributed by atoms with Gasteiger partial charge in [-0.3, -0.25) is 0 Å². The van der Waals surface area contributed by atoms with Crippen LogP contribution in [0.2, 0.25) is 6.04 Å². The molecule has 0 spiro atoms. The van der Waals surface area contributed by atoms with Crippen LogP contribution in [0, 0.1) is 0 Å². The second-order valence-electron chi connectivity index (χ2n) is 8.52. The van der Waals surface area contributed by atoms with Crippen molar-refractivity contribution in [2.24, 2.45) is 0 Å². The highest BCUT2D eigenvalue weighted by molar-refractivity contribution is 6.60. The number of carbonyl (C=O) groups excluding carboxylic acids is 2. The predicted molar refractivity (Wildman–Crippen MR) is 154 cm³/mol. The Morgan fingerprint density at radius 3 is 1.82 bits per heavy atom. The van der Waals surface area contributed by atoms with Crippen molar-refractivity contribution < 1.29 is 46.6 Å². The molecule has 0 radical (unpaired) electrons. The van der Waals surface area contributed by atoms with E-state index >= 15 is 0 Å². The van der Waals surface area contributed by atoms with Gasteiger partial charge < -0.3 is 42.3 Å². The number of esters is 1. The molecule has 0 bridgehead atoms. The first-order valence-electron chi connectivity index (χ1n) is 13.9. The maximum Gasteiger partial charge on any atom is 0.500 e. The largest absolute Gasteiger partial charge is 0.500 e. The third-order valence-electron chi connectivity index (χ3n) is 5.64. The summed E-state index contributed by atoms with van der Waals surface area (Å²) in [6.45, 7) is 8.43. The van der Waals surface area contributed by atoms with Gasteiger partial charge in [0.05, 0.1) is 34.5 Å². The number of methoxy groups -OCH3 is 3. The molecular weight excluding hydrogens is 538 g/mol. The molecule has 0 aliphatic carbocycles. The zero-order chi connectivity index (χ0) is 29.6. The number of carbonyl (C=O) groups is 2. The molecule has 12 heteroatoms. The van der Waals surface area contributed by atoms with E-state index in [1.165, 1.54) is 27.4 Å². The van der Waals surface area contributed by atoms with E-state index in [1.54, 1.807) is 18.2 Å². The molecule has 0 unspecified atom stereocenters. The lowest BCUT2D eigenvalue weighted by molar-refractivity contribution is -0.137. The van der Waals surface area contributed by atoms with Gasteiger partial charge in [0.15, 0.2) is 11.5 Å². The van der Waals surface area contributed by atoms with Crippen LogP contribution in [0.25, 0.3) is 6.08 Å². The van der Waals surface area contributed by atoms with Gasteiger partial charge >= 0.3 is 20.9 Å². The van der Waals surface area contributed by atoms with Crippen LogP contribution in [-0.4, -0.2) is 81.8 Å². The fourth-order valence-corrected chi connectivity index (χ4v) is 6.47. The molecule has 1 amide bonds. The van der Waals surface area contributed by atoms with Gasteiger partial charge in [0.1, 0.15) is 0 Å². The summed E-state index contributed by atoms with van der Waals surface area (Å²) in [4.78, 5) is 24.0.